The quantitative estimate of drug-likeness (QED) is 0.783. The van der Waals surface area contributed by atoms with Gasteiger partial charge in [-0.3, -0.25) is 4.98 Å². The van der Waals surface area contributed by atoms with Crippen LogP contribution in [0.15, 0.2) is 18.5 Å². The molecule has 0 radical (unpaired) electrons. The Morgan fingerprint density at radius 1 is 1.53 bits per heavy atom. The maximum Gasteiger partial charge on any atom is 0.405 e. The first-order valence-electron chi connectivity index (χ1n) is 3.94. The van der Waals surface area contributed by atoms with Gasteiger partial charge in [0, 0.05) is 11.8 Å². The summed E-state index contributed by atoms with van der Waals surface area (Å²) in [5, 5.41) is 2.18. The highest BCUT2D eigenvalue weighted by molar-refractivity contribution is 7.80. The van der Waals surface area contributed by atoms with E-state index in [-0.39, 0.29) is 10.7 Å². The average molecular weight is 235 g/mol. The van der Waals surface area contributed by atoms with Crippen molar-refractivity contribution in [3.63, 3.8) is 0 Å². The van der Waals surface area contributed by atoms with Crippen LogP contribution in [0.5, 0.6) is 0 Å². The first-order chi connectivity index (χ1) is 6.90. The Bertz CT molecular complexity index is 364. The smallest absolute Gasteiger partial charge is 0.389 e. The number of aromatic nitrogens is 1. The second-order valence-corrected chi connectivity index (χ2v) is 3.19. The molecule has 3 nitrogen and oxygen atoms in total. The van der Waals surface area contributed by atoms with Gasteiger partial charge < -0.3 is 11.1 Å². The minimum Gasteiger partial charge on any atom is -0.389 e. The van der Waals surface area contributed by atoms with Gasteiger partial charge in [0.05, 0.1) is 11.9 Å². The maximum absolute atomic E-state index is 11.9. The molecular weight excluding hydrogens is 227 g/mol. The number of nitrogens with one attached hydrogen (secondary N) is 1. The van der Waals surface area contributed by atoms with E-state index in [1.54, 1.807) is 0 Å². The molecule has 3 N–H and O–H groups in total. The molecular formula is C8H8F3N3S. The molecule has 0 fully saturated rings. The molecule has 0 aliphatic rings. The molecule has 0 unspecified atom stereocenters. The fraction of sp³-hybridized carbons (Fsp3) is 0.250. The van der Waals surface area contributed by atoms with Crippen LogP contribution in [-0.4, -0.2) is 22.7 Å². The summed E-state index contributed by atoms with van der Waals surface area (Å²) in [6, 6.07) is 1.46. The van der Waals surface area contributed by atoms with Gasteiger partial charge in [-0.2, -0.15) is 13.2 Å². The van der Waals surface area contributed by atoms with E-state index in [1.807, 2.05) is 0 Å². The monoisotopic (exact) mass is 235 g/mol. The number of nitrogens with zero attached hydrogens (tertiary/aromatic N) is 1. The van der Waals surface area contributed by atoms with E-state index >= 15 is 0 Å². The molecule has 82 valence electrons. The van der Waals surface area contributed by atoms with Gasteiger partial charge in [0.1, 0.15) is 11.5 Å². The van der Waals surface area contributed by atoms with Crippen LogP contribution in [0.3, 0.4) is 0 Å². The predicted octanol–water partition coefficient (Wildman–Crippen LogP) is 1.69. The third-order valence-corrected chi connectivity index (χ3v) is 1.79. The third kappa shape index (κ3) is 3.70. The van der Waals surface area contributed by atoms with Gasteiger partial charge in [-0.1, -0.05) is 12.2 Å². The maximum atomic E-state index is 11.9. The highest BCUT2D eigenvalue weighted by atomic mass is 32.1. The van der Waals surface area contributed by atoms with E-state index in [9.17, 15) is 13.2 Å². The normalized spacial score (nSPS) is 11.1. The summed E-state index contributed by atoms with van der Waals surface area (Å²) in [7, 11) is 0. The summed E-state index contributed by atoms with van der Waals surface area (Å²) >= 11 is 4.69. The van der Waals surface area contributed by atoms with Crippen molar-refractivity contribution >= 4 is 22.9 Å². The van der Waals surface area contributed by atoms with Crippen molar-refractivity contribution in [1.82, 2.24) is 4.98 Å². The summed E-state index contributed by atoms with van der Waals surface area (Å²) in [6.07, 6.45) is -1.63. The molecule has 0 saturated carbocycles. The minimum absolute atomic E-state index is 0.0297. The summed E-state index contributed by atoms with van der Waals surface area (Å²) in [4.78, 5) is 3.71. The molecule has 7 heteroatoms. The van der Waals surface area contributed by atoms with E-state index in [4.69, 9.17) is 5.73 Å². The van der Waals surface area contributed by atoms with Gasteiger partial charge in [0.2, 0.25) is 0 Å². The van der Waals surface area contributed by atoms with Gasteiger partial charge in [-0.05, 0) is 6.07 Å². The summed E-state index contributed by atoms with van der Waals surface area (Å²) < 4.78 is 35.8. The molecule has 15 heavy (non-hydrogen) atoms. The second-order valence-electron chi connectivity index (χ2n) is 2.75. The Balaban J connectivity index is 2.81. The fourth-order valence-corrected chi connectivity index (χ4v) is 1.12. The van der Waals surface area contributed by atoms with Crippen LogP contribution in [0.1, 0.15) is 5.56 Å². The molecule has 0 amide bonds. The van der Waals surface area contributed by atoms with Gasteiger partial charge in [0.15, 0.2) is 0 Å². The highest BCUT2D eigenvalue weighted by Crippen LogP contribution is 2.18. The van der Waals surface area contributed by atoms with Crippen molar-refractivity contribution in [3.05, 3.63) is 24.0 Å². The first kappa shape index (κ1) is 11.7. The van der Waals surface area contributed by atoms with Crippen molar-refractivity contribution in [2.45, 2.75) is 6.18 Å². The van der Waals surface area contributed by atoms with Crippen LogP contribution in [-0.2, 0) is 0 Å². The van der Waals surface area contributed by atoms with Crippen LogP contribution in [0.2, 0.25) is 0 Å². The zero-order valence-electron chi connectivity index (χ0n) is 7.51. The zero-order valence-corrected chi connectivity index (χ0v) is 8.32. The van der Waals surface area contributed by atoms with Crippen LogP contribution in [0, 0.1) is 0 Å². The molecule has 0 aromatic carbocycles. The van der Waals surface area contributed by atoms with E-state index in [0.717, 1.165) is 0 Å². The fourth-order valence-electron chi connectivity index (χ4n) is 0.946. The van der Waals surface area contributed by atoms with E-state index in [1.165, 1.54) is 18.5 Å². The number of rotatable bonds is 3. The van der Waals surface area contributed by atoms with Gasteiger partial charge in [-0.15, -0.1) is 0 Å². The number of nitrogens with two attached hydrogens (primary N) is 1. The molecule has 0 saturated heterocycles. The van der Waals surface area contributed by atoms with Crippen molar-refractivity contribution in [3.8, 4) is 0 Å². The van der Waals surface area contributed by atoms with Crippen LogP contribution >= 0.6 is 12.2 Å². The van der Waals surface area contributed by atoms with Gasteiger partial charge >= 0.3 is 6.18 Å². The Labute approximate surface area is 89.5 Å². The van der Waals surface area contributed by atoms with Crippen LogP contribution in [0.4, 0.5) is 18.9 Å². The highest BCUT2D eigenvalue weighted by Gasteiger charge is 2.27. The van der Waals surface area contributed by atoms with Crippen molar-refractivity contribution < 1.29 is 13.2 Å². The standard InChI is InChI=1S/C8H8F3N3S/c9-8(10,11)4-14-6-3-13-2-1-5(6)7(12)15/h1-3,14H,4H2,(H2,12,15). The van der Waals surface area contributed by atoms with E-state index in [2.05, 4.69) is 22.5 Å². The van der Waals surface area contributed by atoms with Crippen molar-refractivity contribution in [2.75, 3.05) is 11.9 Å². The number of alkyl halides is 3. The Kier molecular flexibility index (Phi) is 3.46. The lowest BCUT2D eigenvalue weighted by Crippen LogP contribution is -2.23. The first-order valence-corrected chi connectivity index (χ1v) is 4.35. The number of halogens is 3. The lowest BCUT2D eigenvalue weighted by molar-refractivity contribution is -0.115. The SMILES string of the molecule is NC(=S)c1ccncc1NCC(F)(F)F. The Morgan fingerprint density at radius 3 is 2.73 bits per heavy atom. The largest absolute Gasteiger partial charge is 0.405 e. The molecule has 0 aliphatic carbocycles. The average Bonchev–Trinajstić information content (AvgIpc) is 2.14. The summed E-state index contributed by atoms with van der Waals surface area (Å²) in [5.74, 6) is 0. The summed E-state index contributed by atoms with van der Waals surface area (Å²) in [6.45, 7) is -1.14. The molecule has 0 aliphatic heterocycles. The van der Waals surface area contributed by atoms with Crippen molar-refractivity contribution in [2.24, 2.45) is 5.73 Å². The molecule has 1 aromatic rings. The number of thiocarbonyl (C=S) groups is 1. The summed E-state index contributed by atoms with van der Waals surface area (Å²) in [5.41, 5.74) is 5.87. The topological polar surface area (TPSA) is 50.9 Å². The van der Waals surface area contributed by atoms with Gasteiger partial charge in [0.25, 0.3) is 0 Å². The molecule has 1 heterocycles. The number of anilines is 1. The lowest BCUT2D eigenvalue weighted by atomic mass is 10.2. The Hall–Kier alpha value is -1.37. The number of hydrogen-bond donors (Lipinski definition) is 2. The molecule has 0 spiro atoms. The molecule has 0 atom stereocenters. The van der Waals surface area contributed by atoms with E-state index < -0.39 is 12.7 Å². The molecule has 1 rings (SSSR count). The lowest BCUT2D eigenvalue weighted by Gasteiger charge is -2.12. The van der Waals surface area contributed by atoms with Crippen LogP contribution < -0.4 is 11.1 Å². The molecule has 1 aromatic heterocycles. The van der Waals surface area contributed by atoms with E-state index in [0.29, 0.717) is 5.56 Å². The van der Waals surface area contributed by atoms with Gasteiger partial charge in [-0.25, -0.2) is 0 Å². The van der Waals surface area contributed by atoms with Crippen molar-refractivity contribution in [1.29, 1.82) is 0 Å². The Morgan fingerprint density at radius 2 is 2.20 bits per heavy atom. The third-order valence-electron chi connectivity index (χ3n) is 1.57. The minimum atomic E-state index is -4.29. The molecule has 0 bridgehead atoms. The predicted molar refractivity (Wildman–Crippen MR) is 54.7 cm³/mol. The second kappa shape index (κ2) is 4.43. The number of pyridine rings is 1. The number of hydrogen-bond acceptors (Lipinski definition) is 3. The van der Waals surface area contributed by atoms with Crippen LogP contribution in [0.25, 0.3) is 0 Å². The zero-order chi connectivity index (χ0) is 11.5.